The second kappa shape index (κ2) is 3.91. The number of aromatic carboxylic acids is 1. The van der Waals surface area contributed by atoms with Crippen LogP contribution in [0.3, 0.4) is 0 Å². The molecular formula is C18H15NO4. The molecular weight excluding hydrogens is 294 g/mol. The number of fused-ring (bicyclic) bond motifs is 3. The van der Waals surface area contributed by atoms with Crippen LogP contribution in [0.4, 0.5) is 5.69 Å². The number of anilines is 1. The molecule has 3 fully saturated rings. The van der Waals surface area contributed by atoms with Gasteiger partial charge in [0.1, 0.15) is 0 Å². The summed E-state index contributed by atoms with van der Waals surface area (Å²) in [6, 6.07) is 5.95. The third kappa shape index (κ3) is 1.41. The van der Waals surface area contributed by atoms with Crippen LogP contribution in [0.2, 0.25) is 0 Å². The Labute approximate surface area is 132 Å². The maximum Gasteiger partial charge on any atom is 0.335 e. The minimum absolute atomic E-state index is 0.119. The SMILES string of the molecule is O=C(O)c1ccc(N2C(=O)[C@@H]3[C@@H](C2=O)[C@@H]2C=C[C@@H]3C23CC3)cc1. The summed E-state index contributed by atoms with van der Waals surface area (Å²) in [5.41, 5.74) is 0.815. The lowest BCUT2D eigenvalue weighted by atomic mass is 9.85. The van der Waals surface area contributed by atoms with Crippen molar-refractivity contribution >= 4 is 23.5 Å². The molecule has 23 heavy (non-hydrogen) atoms. The fourth-order valence-corrected chi connectivity index (χ4v) is 5.09. The van der Waals surface area contributed by atoms with Crippen LogP contribution >= 0.6 is 0 Å². The van der Waals surface area contributed by atoms with E-state index in [0.717, 1.165) is 12.8 Å². The molecule has 1 aromatic rings. The van der Waals surface area contributed by atoms with Gasteiger partial charge < -0.3 is 5.11 Å². The summed E-state index contributed by atoms with van der Waals surface area (Å²) in [4.78, 5) is 38.0. The lowest BCUT2D eigenvalue weighted by Gasteiger charge is -2.21. The van der Waals surface area contributed by atoms with Crippen LogP contribution in [-0.4, -0.2) is 22.9 Å². The van der Waals surface area contributed by atoms with Gasteiger partial charge in [-0.2, -0.15) is 0 Å². The van der Waals surface area contributed by atoms with Crippen LogP contribution in [-0.2, 0) is 9.59 Å². The lowest BCUT2D eigenvalue weighted by Crippen LogP contribution is -2.34. The molecule has 1 spiro atoms. The second-order valence-corrected chi connectivity index (χ2v) is 7.09. The van der Waals surface area contributed by atoms with Gasteiger partial charge in [0.25, 0.3) is 0 Å². The van der Waals surface area contributed by atoms with E-state index in [9.17, 15) is 14.4 Å². The number of amides is 2. The molecule has 5 rings (SSSR count). The molecule has 0 radical (unpaired) electrons. The van der Waals surface area contributed by atoms with E-state index >= 15 is 0 Å². The Balaban J connectivity index is 1.52. The Kier molecular flexibility index (Phi) is 2.22. The van der Waals surface area contributed by atoms with E-state index in [4.69, 9.17) is 5.11 Å². The minimum Gasteiger partial charge on any atom is -0.478 e. The van der Waals surface area contributed by atoms with E-state index in [1.807, 2.05) is 0 Å². The Morgan fingerprint density at radius 1 is 1.00 bits per heavy atom. The van der Waals surface area contributed by atoms with Gasteiger partial charge in [0, 0.05) is 0 Å². The van der Waals surface area contributed by atoms with Gasteiger partial charge in [-0.1, -0.05) is 12.2 Å². The van der Waals surface area contributed by atoms with Crippen molar-refractivity contribution in [3.05, 3.63) is 42.0 Å². The number of hydrogen-bond donors (Lipinski definition) is 1. The second-order valence-electron chi connectivity index (χ2n) is 7.09. The Morgan fingerprint density at radius 2 is 1.52 bits per heavy atom. The van der Waals surface area contributed by atoms with Gasteiger partial charge in [-0.15, -0.1) is 0 Å². The number of imide groups is 1. The van der Waals surface area contributed by atoms with Gasteiger partial charge in [-0.3, -0.25) is 14.5 Å². The molecule has 1 aliphatic heterocycles. The number of allylic oxidation sites excluding steroid dienone is 2. The van der Waals surface area contributed by atoms with Crippen LogP contribution in [0.15, 0.2) is 36.4 Å². The van der Waals surface area contributed by atoms with Crippen molar-refractivity contribution in [2.45, 2.75) is 12.8 Å². The van der Waals surface area contributed by atoms with Gasteiger partial charge in [0.2, 0.25) is 11.8 Å². The first-order valence-electron chi connectivity index (χ1n) is 7.94. The largest absolute Gasteiger partial charge is 0.478 e. The predicted molar refractivity (Wildman–Crippen MR) is 80.7 cm³/mol. The molecule has 5 nitrogen and oxygen atoms in total. The number of rotatable bonds is 2. The summed E-state index contributed by atoms with van der Waals surface area (Å²) in [7, 11) is 0. The zero-order valence-electron chi connectivity index (χ0n) is 12.3. The summed E-state index contributed by atoms with van der Waals surface area (Å²) < 4.78 is 0. The Morgan fingerprint density at radius 3 is 1.96 bits per heavy atom. The molecule has 4 atom stereocenters. The molecule has 1 N–H and O–H groups in total. The fourth-order valence-electron chi connectivity index (χ4n) is 5.09. The zero-order valence-corrected chi connectivity index (χ0v) is 12.3. The molecule has 5 heteroatoms. The monoisotopic (exact) mass is 309 g/mol. The predicted octanol–water partition coefficient (Wildman–Crippen LogP) is 2.09. The van der Waals surface area contributed by atoms with Gasteiger partial charge in [0.05, 0.1) is 23.1 Å². The van der Waals surface area contributed by atoms with E-state index in [1.54, 1.807) is 12.1 Å². The molecule has 2 bridgehead atoms. The summed E-state index contributed by atoms with van der Waals surface area (Å²) in [5, 5.41) is 8.96. The van der Waals surface area contributed by atoms with Crippen LogP contribution < -0.4 is 4.90 Å². The van der Waals surface area contributed by atoms with Crippen molar-refractivity contribution in [1.29, 1.82) is 0 Å². The smallest absolute Gasteiger partial charge is 0.335 e. The average molecular weight is 309 g/mol. The first kappa shape index (κ1) is 13.0. The van der Waals surface area contributed by atoms with Crippen LogP contribution in [0, 0.1) is 29.1 Å². The highest BCUT2D eigenvalue weighted by atomic mass is 16.4. The number of hydrogen-bond acceptors (Lipinski definition) is 3. The van der Waals surface area contributed by atoms with Crippen molar-refractivity contribution in [3.63, 3.8) is 0 Å². The number of carboxylic acid groups (broad SMARTS) is 1. The minimum atomic E-state index is -1.02. The number of carboxylic acids is 1. The Bertz CT molecular complexity index is 756. The first-order chi connectivity index (χ1) is 11.0. The zero-order chi connectivity index (χ0) is 15.9. The van der Waals surface area contributed by atoms with Crippen LogP contribution in [0.25, 0.3) is 0 Å². The molecule has 2 amide bonds. The average Bonchev–Trinajstić information content (AvgIpc) is 3.13. The van der Waals surface area contributed by atoms with Crippen LogP contribution in [0.5, 0.6) is 0 Å². The van der Waals surface area contributed by atoms with Crippen molar-refractivity contribution < 1.29 is 19.5 Å². The Hall–Kier alpha value is -2.43. The standard InChI is InChI=1S/C18H15NO4/c20-15-13-11-5-6-12(18(11)7-8-18)14(13)16(21)19(15)10-3-1-9(2-4-10)17(22)23/h1-6,11-14H,7-8H2,(H,22,23)/t11-,12-,13-,14-/m0/s1. The third-order valence-corrected chi connectivity index (χ3v) is 6.23. The molecule has 3 aliphatic carbocycles. The van der Waals surface area contributed by atoms with Crippen molar-refractivity contribution in [1.82, 2.24) is 0 Å². The van der Waals surface area contributed by atoms with Gasteiger partial charge in [0.15, 0.2) is 0 Å². The van der Waals surface area contributed by atoms with Gasteiger partial charge >= 0.3 is 5.97 Å². The molecule has 1 heterocycles. The summed E-state index contributed by atoms with van der Waals surface area (Å²) in [5.74, 6) is -1.30. The molecule has 116 valence electrons. The van der Waals surface area contributed by atoms with Gasteiger partial charge in [-0.05, 0) is 54.4 Å². The van der Waals surface area contributed by atoms with E-state index in [1.165, 1.54) is 17.0 Å². The quantitative estimate of drug-likeness (QED) is 0.670. The van der Waals surface area contributed by atoms with Crippen molar-refractivity contribution in [2.24, 2.45) is 29.1 Å². The maximum atomic E-state index is 12.9. The number of carbonyl (C=O) groups excluding carboxylic acids is 2. The summed E-state index contributed by atoms with van der Waals surface area (Å²) >= 11 is 0. The molecule has 2 saturated carbocycles. The number of benzene rings is 1. The van der Waals surface area contributed by atoms with E-state index in [2.05, 4.69) is 12.2 Å². The summed E-state index contributed by atoms with van der Waals surface area (Å²) in [6.07, 6.45) is 6.52. The molecule has 0 unspecified atom stereocenters. The topological polar surface area (TPSA) is 74.7 Å². The fraction of sp³-hybridized carbons (Fsp3) is 0.389. The summed E-state index contributed by atoms with van der Waals surface area (Å²) in [6.45, 7) is 0. The van der Waals surface area contributed by atoms with Crippen molar-refractivity contribution in [3.8, 4) is 0 Å². The number of nitrogens with zero attached hydrogens (tertiary/aromatic N) is 1. The third-order valence-electron chi connectivity index (χ3n) is 6.23. The molecule has 1 aromatic carbocycles. The highest BCUT2D eigenvalue weighted by Gasteiger charge is 2.73. The van der Waals surface area contributed by atoms with Crippen LogP contribution in [0.1, 0.15) is 23.2 Å². The highest BCUT2D eigenvalue weighted by molar-refractivity contribution is 6.23. The van der Waals surface area contributed by atoms with E-state index in [-0.39, 0.29) is 46.5 Å². The normalized spacial score (nSPS) is 35.2. The van der Waals surface area contributed by atoms with E-state index in [0.29, 0.717) is 5.69 Å². The first-order valence-corrected chi connectivity index (χ1v) is 7.94. The van der Waals surface area contributed by atoms with Crippen molar-refractivity contribution in [2.75, 3.05) is 4.90 Å². The maximum absolute atomic E-state index is 12.9. The van der Waals surface area contributed by atoms with E-state index < -0.39 is 5.97 Å². The van der Waals surface area contributed by atoms with Gasteiger partial charge in [-0.25, -0.2) is 4.79 Å². The molecule has 4 aliphatic rings. The lowest BCUT2D eigenvalue weighted by molar-refractivity contribution is -0.123. The molecule has 0 aromatic heterocycles. The number of carbonyl (C=O) groups is 3. The highest BCUT2D eigenvalue weighted by Crippen LogP contribution is 2.73. The molecule has 1 saturated heterocycles.